The molecule has 0 saturated carbocycles. The molecule has 0 bridgehead atoms. The van der Waals surface area contributed by atoms with Crippen LogP contribution in [0.3, 0.4) is 0 Å². The molecule has 37 heavy (non-hydrogen) atoms. The number of hydrogen-bond acceptors (Lipinski definition) is 5. The highest BCUT2D eigenvalue weighted by Gasteiger charge is 2.48. The minimum Gasteiger partial charge on any atom is -0.350 e. The van der Waals surface area contributed by atoms with E-state index in [1.807, 2.05) is 12.1 Å². The quantitative estimate of drug-likeness (QED) is 0.290. The highest BCUT2D eigenvalue weighted by Crippen LogP contribution is 2.36. The predicted octanol–water partition coefficient (Wildman–Crippen LogP) is 4.99. The topological polar surface area (TPSA) is 110 Å². The summed E-state index contributed by atoms with van der Waals surface area (Å²) < 4.78 is 54.1. The normalized spacial score (nSPS) is 13.6. The maximum Gasteiger partial charge on any atom is 0.407 e. The van der Waals surface area contributed by atoms with Gasteiger partial charge in [0.25, 0.3) is 5.91 Å². The molecule has 1 amide bonds. The van der Waals surface area contributed by atoms with Crippen molar-refractivity contribution in [2.45, 2.75) is 18.6 Å². The molecule has 0 radical (unpaired) electrons. The van der Waals surface area contributed by atoms with Gasteiger partial charge in [-0.2, -0.15) is 13.2 Å². The molecule has 5 rings (SSSR count). The third kappa shape index (κ3) is 4.49. The number of carbonyl (C=O) groups is 1. The summed E-state index contributed by atoms with van der Waals surface area (Å²) in [7, 11) is 0. The Morgan fingerprint density at radius 3 is 2.49 bits per heavy atom. The number of halogens is 4. The van der Waals surface area contributed by atoms with Crippen molar-refractivity contribution in [1.29, 1.82) is 0 Å². The summed E-state index contributed by atoms with van der Waals surface area (Å²) in [4.78, 5) is 28.3. The van der Waals surface area contributed by atoms with E-state index >= 15 is 4.39 Å². The maximum absolute atomic E-state index is 15.2. The Hall–Kier alpha value is -4.38. The van der Waals surface area contributed by atoms with Crippen LogP contribution in [0.15, 0.2) is 67.3 Å². The van der Waals surface area contributed by atoms with Crippen molar-refractivity contribution in [2.24, 2.45) is 5.73 Å². The third-order valence-electron chi connectivity index (χ3n) is 6.12. The average Bonchev–Trinajstić information content (AvgIpc) is 3.25. The van der Waals surface area contributed by atoms with Crippen molar-refractivity contribution in [3.05, 3.63) is 78.6 Å². The van der Waals surface area contributed by atoms with Crippen LogP contribution in [0.5, 0.6) is 0 Å². The number of nitrogens with zero attached hydrogens (tertiary/aromatic N) is 3. The van der Waals surface area contributed by atoms with Gasteiger partial charge in [0.05, 0.1) is 23.6 Å². The van der Waals surface area contributed by atoms with Crippen molar-refractivity contribution < 1.29 is 22.4 Å². The van der Waals surface area contributed by atoms with Crippen molar-refractivity contribution in [2.75, 3.05) is 6.54 Å². The van der Waals surface area contributed by atoms with Crippen LogP contribution in [0, 0.1) is 5.82 Å². The lowest BCUT2D eigenvalue weighted by molar-refractivity contribution is -0.178. The lowest BCUT2D eigenvalue weighted by Crippen LogP contribution is -2.58. The molecule has 0 fully saturated rings. The van der Waals surface area contributed by atoms with E-state index in [-0.39, 0.29) is 11.1 Å². The molecule has 0 spiro atoms. The Morgan fingerprint density at radius 2 is 1.81 bits per heavy atom. The predicted molar refractivity (Wildman–Crippen MR) is 131 cm³/mol. The third-order valence-corrected chi connectivity index (χ3v) is 6.12. The van der Waals surface area contributed by atoms with Gasteiger partial charge in [-0.3, -0.25) is 14.8 Å². The number of H-pyrrole nitrogens is 1. The Bertz CT molecular complexity index is 1610. The zero-order chi connectivity index (χ0) is 26.4. The van der Waals surface area contributed by atoms with E-state index in [0.29, 0.717) is 33.2 Å². The first-order valence-corrected chi connectivity index (χ1v) is 11.2. The minimum atomic E-state index is -4.68. The Balaban J connectivity index is 1.52. The number of benzene rings is 1. The van der Waals surface area contributed by atoms with Gasteiger partial charge in [-0.25, -0.2) is 9.37 Å². The smallest absolute Gasteiger partial charge is 0.350 e. The second kappa shape index (κ2) is 8.93. The first-order valence-electron chi connectivity index (χ1n) is 11.2. The van der Waals surface area contributed by atoms with Crippen molar-refractivity contribution >= 4 is 27.8 Å². The van der Waals surface area contributed by atoms with Gasteiger partial charge in [0.2, 0.25) is 0 Å². The average molecular weight is 508 g/mol. The molecule has 1 unspecified atom stereocenters. The number of fused-ring (bicyclic) bond motifs is 3. The minimum absolute atomic E-state index is 0.106. The van der Waals surface area contributed by atoms with Gasteiger partial charge in [0.1, 0.15) is 17.0 Å². The summed E-state index contributed by atoms with van der Waals surface area (Å²) >= 11 is 0. The van der Waals surface area contributed by atoms with E-state index in [1.165, 1.54) is 24.3 Å². The number of hydrogen-bond donors (Lipinski definition) is 3. The first kappa shape index (κ1) is 24.3. The van der Waals surface area contributed by atoms with E-state index in [4.69, 9.17) is 5.73 Å². The van der Waals surface area contributed by atoms with E-state index in [2.05, 4.69) is 25.3 Å². The lowest BCUT2D eigenvalue weighted by atomic mass is 9.99. The van der Waals surface area contributed by atoms with Crippen molar-refractivity contribution in [1.82, 2.24) is 25.3 Å². The van der Waals surface area contributed by atoms with Crippen LogP contribution in [0.2, 0.25) is 0 Å². The molecule has 1 aromatic carbocycles. The highest BCUT2D eigenvalue weighted by atomic mass is 19.4. The molecule has 4 aromatic heterocycles. The van der Waals surface area contributed by atoms with Crippen LogP contribution >= 0.6 is 0 Å². The molecule has 7 nitrogen and oxygen atoms in total. The van der Waals surface area contributed by atoms with Crippen LogP contribution in [0.25, 0.3) is 44.3 Å². The first-order chi connectivity index (χ1) is 17.5. The molecule has 188 valence electrons. The zero-order valence-corrected chi connectivity index (χ0v) is 19.4. The number of nitrogens with two attached hydrogens (primary N) is 1. The summed E-state index contributed by atoms with van der Waals surface area (Å²) in [5.41, 5.74) is 6.08. The number of rotatable bonds is 5. The Labute approximate surface area is 207 Å². The molecule has 4 heterocycles. The van der Waals surface area contributed by atoms with E-state index in [1.54, 1.807) is 24.7 Å². The molecule has 1 atom stereocenters. The summed E-state index contributed by atoms with van der Waals surface area (Å²) in [6, 6.07) is 11.4. The molecule has 11 heteroatoms. The number of amides is 1. The van der Waals surface area contributed by atoms with Crippen molar-refractivity contribution in [3.63, 3.8) is 0 Å². The van der Waals surface area contributed by atoms with Gasteiger partial charge in [0.15, 0.2) is 0 Å². The molecule has 4 N–H and O–H groups in total. The summed E-state index contributed by atoms with van der Waals surface area (Å²) in [6.45, 7) is 0.00359. The van der Waals surface area contributed by atoms with Gasteiger partial charge in [0, 0.05) is 46.4 Å². The Kier molecular flexibility index (Phi) is 5.87. The lowest BCUT2D eigenvalue weighted by Gasteiger charge is -2.27. The maximum atomic E-state index is 15.2. The number of alkyl halides is 3. The largest absolute Gasteiger partial charge is 0.407 e. The second-order valence-corrected chi connectivity index (χ2v) is 8.86. The van der Waals surface area contributed by atoms with Gasteiger partial charge in [-0.15, -0.1) is 0 Å². The van der Waals surface area contributed by atoms with Gasteiger partial charge >= 0.3 is 6.18 Å². The molecular formula is C26H20F4N6O. The standard InChI is InChI=1S/C26H20F4N6O/c1-25(31,26(28,29)30)13-35-24(37)15-6-4-14(5-7-15)21-18(27)11-34-23-22(21)17-9-19(33-12-20(17)36-23)16-3-2-8-32-10-16/h2-12H,13,31H2,1H3,(H,34,36)(H,35,37). The van der Waals surface area contributed by atoms with Gasteiger partial charge < -0.3 is 16.0 Å². The van der Waals surface area contributed by atoms with Gasteiger partial charge in [-0.1, -0.05) is 12.1 Å². The fourth-order valence-corrected chi connectivity index (χ4v) is 3.94. The summed E-state index contributed by atoms with van der Waals surface area (Å²) in [6.07, 6.45) is 1.39. The molecular weight excluding hydrogens is 488 g/mol. The Morgan fingerprint density at radius 1 is 1.05 bits per heavy atom. The van der Waals surface area contributed by atoms with Crippen LogP contribution in [-0.2, 0) is 0 Å². The van der Waals surface area contributed by atoms with Crippen molar-refractivity contribution in [3.8, 4) is 22.4 Å². The van der Waals surface area contributed by atoms with Crippen LogP contribution in [0.4, 0.5) is 17.6 Å². The summed E-state index contributed by atoms with van der Waals surface area (Å²) in [5.74, 6) is -1.30. The van der Waals surface area contributed by atoms with Crippen LogP contribution in [0.1, 0.15) is 17.3 Å². The van der Waals surface area contributed by atoms with E-state index < -0.39 is 30.0 Å². The molecule has 0 aliphatic rings. The molecule has 5 aromatic rings. The number of pyridine rings is 3. The monoisotopic (exact) mass is 508 g/mol. The second-order valence-electron chi connectivity index (χ2n) is 8.86. The fraction of sp³-hybridized carbons (Fsp3) is 0.154. The zero-order valence-electron chi connectivity index (χ0n) is 19.4. The van der Waals surface area contributed by atoms with Crippen LogP contribution < -0.4 is 11.1 Å². The fourth-order valence-electron chi connectivity index (χ4n) is 3.94. The number of nitrogens with one attached hydrogen (secondary N) is 2. The van der Waals surface area contributed by atoms with E-state index in [9.17, 15) is 18.0 Å². The van der Waals surface area contributed by atoms with Crippen LogP contribution in [-0.4, -0.2) is 44.1 Å². The molecule has 0 aliphatic heterocycles. The molecule has 0 aliphatic carbocycles. The molecule has 0 saturated heterocycles. The summed E-state index contributed by atoms with van der Waals surface area (Å²) in [5, 5.41) is 3.43. The van der Waals surface area contributed by atoms with Gasteiger partial charge in [-0.05, 0) is 42.8 Å². The number of carbonyl (C=O) groups excluding carboxylic acids is 1. The highest BCUT2D eigenvalue weighted by molar-refractivity contribution is 6.13. The number of aromatic nitrogens is 4. The SMILES string of the molecule is CC(N)(CNC(=O)c1ccc(-c2c(F)cnc3[nH]c4cnc(-c5cccnc5)cc4c23)cc1)C(F)(F)F. The number of aromatic amines is 1. The van der Waals surface area contributed by atoms with E-state index in [0.717, 1.165) is 18.7 Å².